The van der Waals surface area contributed by atoms with Gasteiger partial charge < -0.3 is 19.1 Å². The number of piperidine rings is 1. The summed E-state index contributed by atoms with van der Waals surface area (Å²) < 4.78 is 18.8. The maximum atomic E-state index is 12.8. The molecule has 5 heteroatoms. The normalized spacial score (nSPS) is 44.8. The van der Waals surface area contributed by atoms with Crippen LogP contribution in [-0.2, 0) is 21.4 Å². The molecule has 150 valence electrons. The summed E-state index contributed by atoms with van der Waals surface area (Å²) in [4.78, 5) is 15.4. The number of ketones is 1. The summed E-state index contributed by atoms with van der Waals surface area (Å²) in [6.45, 7) is 2.80. The van der Waals surface area contributed by atoms with Crippen molar-refractivity contribution in [3.05, 3.63) is 23.3 Å². The number of rotatable bonds is 3. The van der Waals surface area contributed by atoms with Crippen LogP contribution in [0.5, 0.6) is 11.5 Å². The largest absolute Gasteiger partial charge is 0.493 e. The summed E-state index contributed by atoms with van der Waals surface area (Å²) in [6.07, 6.45) is 4.91. The molecule has 4 bridgehead atoms. The molecule has 0 aromatic heterocycles. The second kappa shape index (κ2) is 5.11. The standard InChI is InChI=1S/C23H29NO4/c1-13(25)15-12-21-7-8-23(15,27-4)20-22(21)9-10-24(2)17(21)11-14-5-6-16(26-3)19(28-20)18(14)22/h5-6,15,17,20H,7-12H2,1-4H3/t15?,17-,20?,21?,22+,23-/m1/s1. The summed E-state index contributed by atoms with van der Waals surface area (Å²) in [7, 11) is 5.77. The Morgan fingerprint density at radius 3 is 2.79 bits per heavy atom. The first-order valence-electron chi connectivity index (χ1n) is 10.6. The van der Waals surface area contributed by atoms with Gasteiger partial charge in [-0.3, -0.25) is 4.79 Å². The van der Waals surface area contributed by atoms with Crippen molar-refractivity contribution in [2.75, 3.05) is 27.8 Å². The fourth-order valence-corrected chi connectivity index (χ4v) is 8.30. The van der Waals surface area contributed by atoms with E-state index < -0.39 is 5.60 Å². The molecule has 0 amide bonds. The Balaban J connectivity index is 1.69. The Labute approximate surface area is 166 Å². The van der Waals surface area contributed by atoms with E-state index in [1.165, 1.54) is 11.1 Å². The van der Waals surface area contributed by atoms with Gasteiger partial charge in [0.15, 0.2) is 11.5 Å². The average molecular weight is 383 g/mol. The van der Waals surface area contributed by atoms with Crippen LogP contribution in [-0.4, -0.2) is 56.2 Å². The number of carbonyl (C=O) groups is 1. The van der Waals surface area contributed by atoms with E-state index >= 15 is 0 Å². The van der Waals surface area contributed by atoms with Crippen LogP contribution >= 0.6 is 0 Å². The van der Waals surface area contributed by atoms with Gasteiger partial charge in [-0.25, -0.2) is 0 Å². The van der Waals surface area contributed by atoms with Crippen molar-refractivity contribution < 1.29 is 19.0 Å². The van der Waals surface area contributed by atoms with Gasteiger partial charge in [-0.15, -0.1) is 0 Å². The molecule has 1 aromatic rings. The summed E-state index contributed by atoms with van der Waals surface area (Å²) in [6, 6.07) is 4.75. The Kier molecular flexibility index (Phi) is 3.16. The molecule has 0 N–H and O–H groups in total. The van der Waals surface area contributed by atoms with Gasteiger partial charge in [0.05, 0.1) is 13.0 Å². The SMILES string of the molecule is COc1ccc2c3c1OC1[C@@]4(OC)CCC5(CC4C(C)=O)[C@@H](C2)N(C)CC[C@]315. The lowest BCUT2D eigenvalue weighted by molar-refractivity contribution is -0.270. The van der Waals surface area contributed by atoms with Crippen LogP contribution < -0.4 is 9.47 Å². The lowest BCUT2D eigenvalue weighted by atomic mass is 9.34. The number of hydrogen-bond donors (Lipinski definition) is 0. The van der Waals surface area contributed by atoms with Crippen LogP contribution in [0.3, 0.4) is 0 Å². The van der Waals surface area contributed by atoms with Gasteiger partial charge in [-0.2, -0.15) is 0 Å². The predicted molar refractivity (Wildman–Crippen MR) is 104 cm³/mol. The lowest BCUT2D eigenvalue weighted by Crippen LogP contribution is -2.81. The molecule has 5 nitrogen and oxygen atoms in total. The number of likely N-dealkylation sites (tertiary alicyclic amines) is 1. The van der Waals surface area contributed by atoms with E-state index in [9.17, 15) is 4.79 Å². The average Bonchev–Trinajstić information content (AvgIpc) is 3.07. The van der Waals surface area contributed by atoms with Gasteiger partial charge in [0.2, 0.25) is 0 Å². The minimum Gasteiger partial charge on any atom is -0.493 e. The number of hydrogen-bond acceptors (Lipinski definition) is 5. The third-order valence-corrected chi connectivity index (χ3v) is 9.32. The first kappa shape index (κ1) is 17.3. The van der Waals surface area contributed by atoms with Crippen molar-refractivity contribution in [1.29, 1.82) is 0 Å². The van der Waals surface area contributed by atoms with E-state index in [-0.39, 0.29) is 28.6 Å². The second-order valence-electron chi connectivity index (χ2n) is 9.73. The van der Waals surface area contributed by atoms with Gasteiger partial charge in [-0.05, 0) is 64.3 Å². The molecule has 6 aliphatic rings. The van der Waals surface area contributed by atoms with Gasteiger partial charge in [0, 0.05) is 29.5 Å². The Morgan fingerprint density at radius 2 is 2.07 bits per heavy atom. The van der Waals surface area contributed by atoms with Gasteiger partial charge in [0.1, 0.15) is 17.5 Å². The molecule has 1 saturated heterocycles. The zero-order valence-electron chi connectivity index (χ0n) is 17.2. The van der Waals surface area contributed by atoms with Crippen molar-refractivity contribution in [2.24, 2.45) is 11.3 Å². The number of nitrogens with zero attached hydrogens (tertiary/aromatic N) is 1. The highest BCUT2D eigenvalue weighted by Crippen LogP contribution is 2.76. The predicted octanol–water partition coefficient (Wildman–Crippen LogP) is 2.73. The van der Waals surface area contributed by atoms with E-state index in [0.29, 0.717) is 6.04 Å². The minimum absolute atomic E-state index is 0.0676. The molecule has 7 rings (SSSR count). The van der Waals surface area contributed by atoms with E-state index in [1.54, 1.807) is 21.1 Å². The summed E-state index contributed by atoms with van der Waals surface area (Å²) in [5.74, 6) is 1.89. The molecule has 2 heterocycles. The van der Waals surface area contributed by atoms with Crippen LogP contribution in [0.15, 0.2) is 12.1 Å². The molecule has 6 atom stereocenters. The first-order chi connectivity index (χ1) is 13.4. The van der Waals surface area contributed by atoms with Crippen LogP contribution in [0, 0.1) is 11.3 Å². The quantitative estimate of drug-likeness (QED) is 0.803. The topological polar surface area (TPSA) is 48.0 Å². The number of fused-ring (bicyclic) bond motifs is 2. The van der Waals surface area contributed by atoms with Crippen molar-refractivity contribution in [3.63, 3.8) is 0 Å². The molecule has 3 unspecified atom stereocenters. The number of ether oxygens (including phenoxy) is 3. The van der Waals surface area contributed by atoms with Gasteiger partial charge in [0.25, 0.3) is 0 Å². The molecule has 3 saturated carbocycles. The molecule has 2 spiro atoms. The lowest BCUT2D eigenvalue weighted by Gasteiger charge is -2.73. The highest BCUT2D eigenvalue weighted by atomic mass is 16.6. The molecule has 4 fully saturated rings. The van der Waals surface area contributed by atoms with E-state index in [1.807, 2.05) is 0 Å². The van der Waals surface area contributed by atoms with Gasteiger partial charge in [-0.1, -0.05) is 6.07 Å². The zero-order valence-corrected chi connectivity index (χ0v) is 17.2. The zero-order chi connectivity index (χ0) is 19.5. The van der Waals surface area contributed by atoms with Crippen LogP contribution in [0.25, 0.3) is 0 Å². The molecule has 28 heavy (non-hydrogen) atoms. The fraction of sp³-hybridized carbons (Fsp3) is 0.696. The Hall–Kier alpha value is -1.59. The van der Waals surface area contributed by atoms with Crippen LogP contribution in [0.2, 0.25) is 0 Å². The number of methoxy groups -OCH3 is 2. The molecule has 4 aliphatic carbocycles. The minimum atomic E-state index is -0.535. The highest BCUT2D eigenvalue weighted by Gasteiger charge is 2.80. The second-order valence-corrected chi connectivity index (χ2v) is 9.73. The molecule has 1 aromatic carbocycles. The number of Topliss-reactive ketones (excluding diaryl/α,β-unsaturated/α-hetero) is 1. The molecule has 2 aliphatic heterocycles. The van der Waals surface area contributed by atoms with E-state index in [0.717, 1.165) is 50.1 Å². The van der Waals surface area contributed by atoms with Crippen LogP contribution in [0.1, 0.15) is 43.7 Å². The molecule has 0 radical (unpaired) electrons. The summed E-state index contributed by atoms with van der Waals surface area (Å²) in [5, 5.41) is 0. The molecular weight excluding hydrogens is 354 g/mol. The number of benzene rings is 1. The number of carbonyl (C=O) groups excluding carboxylic acids is 1. The van der Waals surface area contributed by atoms with Crippen molar-refractivity contribution in [2.45, 2.75) is 62.2 Å². The third-order valence-electron chi connectivity index (χ3n) is 9.32. The van der Waals surface area contributed by atoms with Gasteiger partial charge >= 0.3 is 0 Å². The first-order valence-corrected chi connectivity index (χ1v) is 10.6. The van der Waals surface area contributed by atoms with Crippen LogP contribution in [0.4, 0.5) is 0 Å². The van der Waals surface area contributed by atoms with E-state index in [2.05, 4.69) is 24.1 Å². The van der Waals surface area contributed by atoms with Crippen molar-refractivity contribution in [1.82, 2.24) is 4.90 Å². The Bertz CT molecular complexity index is 899. The smallest absolute Gasteiger partial charge is 0.165 e. The monoisotopic (exact) mass is 383 g/mol. The number of likely N-dealkylation sites (N-methyl/N-ethyl adjacent to an activating group) is 1. The highest BCUT2D eigenvalue weighted by molar-refractivity contribution is 5.81. The maximum Gasteiger partial charge on any atom is 0.165 e. The fourth-order valence-electron chi connectivity index (χ4n) is 8.30. The third kappa shape index (κ3) is 1.53. The van der Waals surface area contributed by atoms with E-state index in [4.69, 9.17) is 14.2 Å². The summed E-state index contributed by atoms with van der Waals surface area (Å²) >= 11 is 0. The summed E-state index contributed by atoms with van der Waals surface area (Å²) in [5.41, 5.74) is 2.25. The van der Waals surface area contributed by atoms with Crippen molar-refractivity contribution >= 4 is 5.78 Å². The Morgan fingerprint density at radius 1 is 1.25 bits per heavy atom. The molecular formula is C23H29NO4. The maximum absolute atomic E-state index is 12.8. The van der Waals surface area contributed by atoms with Crippen molar-refractivity contribution in [3.8, 4) is 11.5 Å².